The molecule has 1 fully saturated rings. The molecule has 1 saturated carbocycles. The van der Waals surface area contributed by atoms with Gasteiger partial charge in [-0.05, 0) is 61.2 Å². The summed E-state index contributed by atoms with van der Waals surface area (Å²) < 4.78 is 11.7. The van der Waals surface area contributed by atoms with Crippen molar-refractivity contribution in [1.29, 1.82) is 0 Å². The highest BCUT2D eigenvalue weighted by Crippen LogP contribution is 2.34. The van der Waals surface area contributed by atoms with Crippen LogP contribution in [0.25, 0.3) is 22.5 Å². The molecule has 5 heteroatoms. The summed E-state index contributed by atoms with van der Waals surface area (Å²) in [6.45, 7) is 3.73. The van der Waals surface area contributed by atoms with Crippen molar-refractivity contribution in [3.05, 3.63) is 54.7 Å². The average molecular weight is 502 g/mol. The molecule has 0 bridgehead atoms. The van der Waals surface area contributed by atoms with Gasteiger partial charge in [-0.3, -0.25) is 4.98 Å². The lowest BCUT2D eigenvalue weighted by Gasteiger charge is -2.08. The Morgan fingerprint density at radius 1 is 0.649 bits per heavy atom. The molecule has 5 nitrogen and oxygen atoms in total. The number of nitrogens with zero attached hydrogens (tertiary/aromatic N) is 3. The highest BCUT2D eigenvalue weighted by Gasteiger charge is 2.19. The summed E-state index contributed by atoms with van der Waals surface area (Å²) in [6, 6.07) is 16.1. The van der Waals surface area contributed by atoms with E-state index in [-0.39, 0.29) is 0 Å². The van der Waals surface area contributed by atoms with Crippen LogP contribution in [0.1, 0.15) is 90.4 Å². The maximum absolute atomic E-state index is 5.93. The molecule has 37 heavy (non-hydrogen) atoms. The Balaban J connectivity index is 1.16. The van der Waals surface area contributed by atoms with Gasteiger partial charge in [0.1, 0.15) is 5.75 Å². The number of unbranched alkanes of at least 4 members (excludes halogenated alkanes) is 8. The van der Waals surface area contributed by atoms with Crippen LogP contribution in [-0.4, -0.2) is 28.4 Å². The van der Waals surface area contributed by atoms with E-state index in [1.807, 2.05) is 42.6 Å². The number of hydrogen-bond donors (Lipinski definition) is 0. The van der Waals surface area contributed by atoms with Crippen LogP contribution in [-0.2, 0) is 0 Å². The smallest absolute Gasteiger partial charge is 0.233 e. The summed E-state index contributed by atoms with van der Waals surface area (Å²) >= 11 is 0. The minimum absolute atomic E-state index is 0.581. The molecular formula is C32H43N3O2. The van der Waals surface area contributed by atoms with Crippen molar-refractivity contribution >= 4 is 0 Å². The van der Waals surface area contributed by atoms with E-state index in [0.717, 1.165) is 53.6 Å². The van der Waals surface area contributed by atoms with Gasteiger partial charge in [0.15, 0.2) is 0 Å². The van der Waals surface area contributed by atoms with Gasteiger partial charge in [-0.15, -0.1) is 10.2 Å². The molecule has 3 aromatic rings. The zero-order valence-electron chi connectivity index (χ0n) is 22.5. The molecular weight excluding hydrogens is 458 g/mol. The minimum atomic E-state index is 0.581. The van der Waals surface area contributed by atoms with Gasteiger partial charge in [0.2, 0.25) is 5.88 Å². The Labute approximate surface area is 223 Å². The summed E-state index contributed by atoms with van der Waals surface area (Å²) in [4.78, 5) is 4.65. The van der Waals surface area contributed by atoms with Crippen molar-refractivity contribution in [2.24, 2.45) is 5.92 Å². The average Bonchev–Trinajstić information content (AvgIpc) is 3.77. The number of aromatic nitrogens is 3. The van der Waals surface area contributed by atoms with E-state index in [1.54, 1.807) is 0 Å². The molecule has 0 unspecified atom stereocenters. The largest absolute Gasteiger partial charge is 0.494 e. The first-order valence-electron chi connectivity index (χ1n) is 14.5. The Morgan fingerprint density at radius 3 is 2.00 bits per heavy atom. The van der Waals surface area contributed by atoms with Crippen molar-refractivity contribution in [3.8, 4) is 34.1 Å². The van der Waals surface area contributed by atoms with E-state index in [2.05, 4.69) is 34.2 Å². The molecule has 0 aliphatic heterocycles. The molecule has 198 valence electrons. The predicted octanol–water partition coefficient (Wildman–Crippen LogP) is 8.68. The molecule has 2 aromatic heterocycles. The quantitative estimate of drug-likeness (QED) is 0.163. The first-order chi connectivity index (χ1) is 18.3. The molecule has 2 heterocycles. The van der Waals surface area contributed by atoms with Crippen LogP contribution in [0.3, 0.4) is 0 Å². The molecule has 0 saturated heterocycles. The summed E-state index contributed by atoms with van der Waals surface area (Å²) in [6.07, 6.45) is 18.8. The standard InChI is InChI=1S/C32H43N3O2/c1-2-3-4-5-7-11-24-37-32-22-21-31(34-35-32)28-17-20-30(33-25-28)27-15-18-29(19-16-27)36-23-10-8-6-9-12-26-13-14-26/h15-22,25-26H,2-14,23-24H2,1H3. The third-order valence-corrected chi connectivity index (χ3v) is 7.07. The lowest BCUT2D eigenvalue weighted by Crippen LogP contribution is -2.00. The van der Waals surface area contributed by atoms with Gasteiger partial charge >= 0.3 is 0 Å². The third kappa shape index (κ3) is 9.79. The second-order valence-corrected chi connectivity index (χ2v) is 10.3. The minimum Gasteiger partial charge on any atom is -0.494 e. The van der Waals surface area contributed by atoms with Gasteiger partial charge in [-0.2, -0.15) is 0 Å². The maximum atomic E-state index is 5.93. The van der Waals surface area contributed by atoms with Crippen LogP contribution in [0.4, 0.5) is 0 Å². The number of benzene rings is 1. The van der Waals surface area contributed by atoms with Crippen molar-refractivity contribution in [3.63, 3.8) is 0 Å². The zero-order chi connectivity index (χ0) is 25.5. The van der Waals surface area contributed by atoms with E-state index in [4.69, 9.17) is 9.47 Å². The molecule has 0 atom stereocenters. The molecule has 1 aromatic carbocycles. The maximum Gasteiger partial charge on any atom is 0.233 e. The van der Waals surface area contributed by atoms with Crippen LogP contribution >= 0.6 is 0 Å². The fraction of sp³-hybridized carbons (Fsp3) is 0.531. The first-order valence-corrected chi connectivity index (χ1v) is 14.5. The third-order valence-electron chi connectivity index (χ3n) is 7.07. The van der Waals surface area contributed by atoms with Gasteiger partial charge in [-0.25, -0.2) is 0 Å². The van der Waals surface area contributed by atoms with Gasteiger partial charge in [0.05, 0.1) is 24.6 Å². The molecule has 0 N–H and O–H groups in total. The van der Waals surface area contributed by atoms with Gasteiger partial charge in [0.25, 0.3) is 0 Å². The van der Waals surface area contributed by atoms with E-state index >= 15 is 0 Å². The molecule has 0 amide bonds. The molecule has 1 aliphatic rings. The number of pyridine rings is 1. The van der Waals surface area contributed by atoms with Crippen molar-refractivity contribution in [2.45, 2.75) is 90.4 Å². The fourth-order valence-corrected chi connectivity index (χ4v) is 4.53. The monoisotopic (exact) mass is 501 g/mol. The highest BCUT2D eigenvalue weighted by molar-refractivity contribution is 5.64. The fourth-order valence-electron chi connectivity index (χ4n) is 4.53. The van der Waals surface area contributed by atoms with Crippen LogP contribution < -0.4 is 9.47 Å². The number of ether oxygens (including phenoxy) is 2. The summed E-state index contributed by atoms with van der Waals surface area (Å²) in [7, 11) is 0. The molecule has 0 spiro atoms. The van der Waals surface area contributed by atoms with Gasteiger partial charge in [0, 0.05) is 23.4 Å². The summed E-state index contributed by atoms with van der Waals surface area (Å²) in [5.41, 5.74) is 3.74. The van der Waals surface area contributed by atoms with Crippen LogP contribution in [0.5, 0.6) is 11.6 Å². The highest BCUT2D eigenvalue weighted by atomic mass is 16.5. The van der Waals surface area contributed by atoms with Gasteiger partial charge < -0.3 is 9.47 Å². The Kier molecular flexibility index (Phi) is 11.2. The zero-order valence-corrected chi connectivity index (χ0v) is 22.5. The topological polar surface area (TPSA) is 57.1 Å². The van der Waals surface area contributed by atoms with E-state index in [0.29, 0.717) is 12.5 Å². The van der Waals surface area contributed by atoms with E-state index in [1.165, 1.54) is 70.6 Å². The second-order valence-electron chi connectivity index (χ2n) is 10.3. The Bertz CT molecular complexity index is 1020. The molecule has 0 radical (unpaired) electrons. The van der Waals surface area contributed by atoms with Crippen molar-refractivity contribution < 1.29 is 9.47 Å². The number of hydrogen-bond acceptors (Lipinski definition) is 5. The summed E-state index contributed by atoms with van der Waals surface area (Å²) in [5.74, 6) is 2.56. The Morgan fingerprint density at radius 2 is 1.32 bits per heavy atom. The first kappa shape index (κ1) is 27.1. The lowest BCUT2D eigenvalue weighted by atomic mass is 10.1. The Hall–Kier alpha value is -2.95. The normalized spacial score (nSPS) is 13.0. The molecule has 1 aliphatic carbocycles. The molecule has 4 rings (SSSR count). The van der Waals surface area contributed by atoms with Gasteiger partial charge in [-0.1, -0.05) is 77.6 Å². The van der Waals surface area contributed by atoms with Crippen LogP contribution in [0, 0.1) is 5.92 Å². The van der Waals surface area contributed by atoms with Crippen molar-refractivity contribution in [1.82, 2.24) is 15.2 Å². The van der Waals surface area contributed by atoms with Crippen LogP contribution in [0.2, 0.25) is 0 Å². The van der Waals surface area contributed by atoms with E-state index in [9.17, 15) is 0 Å². The van der Waals surface area contributed by atoms with E-state index < -0.39 is 0 Å². The van der Waals surface area contributed by atoms with Crippen LogP contribution in [0.15, 0.2) is 54.7 Å². The second kappa shape index (κ2) is 15.3. The lowest BCUT2D eigenvalue weighted by molar-refractivity contribution is 0.290. The SMILES string of the molecule is CCCCCCCCOc1ccc(-c2ccc(-c3ccc(OCCCCCCC4CC4)cc3)nc2)nn1. The number of rotatable bonds is 18. The predicted molar refractivity (Wildman–Crippen MR) is 151 cm³/mol. The van der Waals surface area contributed by atoms with Crippen molar-refractivity contribution in [2.75, 3.05) is 13.2 Å². The summed E-state index contributed by atoms with van der Waals surface area (Å²) in [5, 5.41) is 8.57.